The molecule has 10 aliphatic rings. The zero-order valence-corrected chi connectivity index (χ0v) is 23.2. The molecule has 196 valence electrons. The van der Waals surface area contributed by atoms with E-state index in [1.165, 1.54) is 51.4 Å². The summed E-state index contributed by atoms with van der Waals surface area (Å²) in [6.07, 6.45) is 27.9. The molecule has 8 bridgehead atoms. The van der Waals surface area contributed by atoms with Gasteiger partial charge in [-0.1, -0.05) is 0 Å². The third kappa shape index (κ3) is 4.12. The van der Waals surface area contributed by atoms with Gasteiger partial charge in [0.2, 0.25) is 0 Å². The summed E-state index contributed by atoms with van der Waals surface area (Å²) in [6, 6.07) is 1.56. The van der Waals surface area contributed by atoms with Gasteiger partial charge in [-0.15, -0.1) is 0 Å². The smallest absolute Gasteiger partial charge is 0.0844 e. The summed E-state index contributed by atoms with van der Waals surface area (Å²) in [5.41, 5.74) is 10.2. The molecule has 2 spiro atoms. The minimum Gasteiger partial charge on any atom is -1.00 e. The molecule has 0 heterocycles. The quantitative estimate of drug-likeness (QED) is 0.430. The molecular weight excluding hydrogens is 459 g/mol. The van der Waals surface area contributed by atoms with Gasteiger partial charge in [0.25, 0.3) is 0 Å². The van der Waals surface area contributed by atoms with Crippen LogP contribution in [0.4, 0.5) is 0 Å². The lowest BCUT2D eigenvalue weighted by atomic mass is 9.42. The fourth-order valence-electron chi connectivity index (χ4n) is 12.3. The van der Waals surface area contributed by atoms with Crippen LogP contribution in [0.25, 0.3) is 0 Å². The predicted molar refractivity (Wildman–Crippen MR) is 129 cm³/mol. The van der Waals surface area contributed by atoms with Crippen molar-refractivity contribution in [3.63, 3.8) is 0 Å². The van der Waals surface area contributed by atoms with Crippen molar-refractivity contribution in [3.05, 3.63) is 0 Å². The van der Waals surface area contributed by atoms with E-state index in [0.717, 1.165) is 70.3 Å². The van der Waals surface area contributed by atoms with Crippen LogP contribution in [0.15, 0.2) is 0 Å². The summed E-state index contributed by atoms with van der Waals surface area (Å²) < 4.78 is 0. The molecule has 10 fully saturated rings. The molecule has 0 aromatic rings. The number of quaternary nitrogens is 2. The Morgan fingerprint density at radius 1 is 0.382 bits per heavy atom. The Balaban J connectivity index is 0.000000134. The fourth-order valence-corrected chi connectivity index (χ4v) is 12.3. The second kappa shape index (κ2) is 9.67. The lowest BCUT2D eigenvalue weighted by Crippen LogP contribution is -3.00. The lowest BCUT2D eigenvalue weighted by molar-refractivity contribution is -0.431. The van der Waals surface area contributed by atoms with Crippen LogP contribution >= 0.6 is 0 Å². The molecule has 0 aromatic heterocycles. The predicted octanol–water partition coefficient (Wildman–Crippen LogP) is -0.765. The molecule has 10 rings (SSSR count). The van der Waals surface area contributed by atoms with Gasteiger partial charge in [-0.2, -0.15) is 0 Å². The number of hydrogen-bond donors (Lipinski definition) is 2. The Kier molecular flexibility index (Phi) is 7.43. The Morgan fingerprint density at radius 3 is 0.853 bits per heavy atom. The molecule has 34 heavy (non-hydrogen) atoms. The highest BCUT2D eigenvalue weighted by atomic mass is 35.5. The second-order valence-corrected chi connectivity index (χ2v) is 15.0. The van der Waals surface area contributed by atoms with E-state index >= 15 is 0 Å². The van der Waals surface area contributed by atoms with Gasteiger partial charge >= 0.3 is 0 Å². The van der Waals surface area contributed by atoms with Crippen molar-refractivity contribution >= 4 is 0 Å². The van der Waals surface area contributed by atoms with E-state index in [9.17, 15) is 0 Å². The third-order valence-corrected chi connectivity index (χ3v) is 13.6. The van der Waals surface area contributed by atoms with Gasteiger partial charge < -0.3 is 36.3 Å². The molecule has 0 amide bonds. The maximum Gasteiger partial charge on any atom is 0.0844 e. The van der Waals surface area contributed by atoms with Crippen molar-refractivity contribution in [2.24, 2.45) is 58.2 Å². The van der Waals surface area contributed by atoms with Gasteiger partial charge in [-0.05, 0) is 174 Å². The molecule has 0 atom stereocenters. The van der Waals surface area contributed by atoms with Crippen LogP contribution in [-0.4, -0.2) is 12.1 Å². The molecule has 0 saturated heterocycles. The van der Waals surface area contributed by atoms with Crippen LogP contribution in [-0.2, 0) is 0 Å². The summed E-state index contributed by atoms with van der Waals surface area (Å²) in [4.78, 5) is 0. The van der Waals surface area contributed by atoms with Crippen molar-refractivity contribution in [1.82, 2.24) is 0 Å². The highest BCUT2D eigenvalue weighted by molar-refractivity contribution is 5.08. The normalized spacial score (nSPS) is 55.9. The van der Waals surface area contributed by atoms with Gasteiger partial charge in [0.05, 0.1) is 12.1 Å². The van der Waals surface area contributed by atoms with Gasteiger partial charge in [-0.25, -0.2) is 0 Å². The minimum absolute atomic E-state index is 0. The summed E-state index contributed by atoms with van der Waals surface area (Å²) in [6.45, 7) is 0. The van der Waals surface area contributed by atoms with E-state index < -0.39 is 0 Å². The average Bonchev–Trinajstić information content (AvgIpc) is 2.78. The Morgan fingerprint density at radius 2 is 0.618 bits per heavy atom. The van der Waals surface area contributed by atoms with Gasteiger partial charge in [0, 0.05) is 0 Å². The molecular formula is C30H52Cl2N2. The second-order valence-electron chi connectivity index (χ2n) is 15.0. The minimum atomic E-state index is 0. The topological polar surface area (TPSA) is 55.3 Å². The molecule has 0 aromatic carbocycles. The van der Waals surface area contributed by atoms with Crippen molar-refractivity contribution in [3.8, 4) is 0 Å². The number of halogens is 2. The molecule has 2 nitrogen and oxygen atoms in total. The van der Waals surface area contributed by atoms with Gasteiger partial charge in [-0.3, -0.25) is 0 Å². The van der Waals surface area contributed by atoms with Crippen LogP contribution in [0.2, 0.25) is 0 Å². The summed E-state index contributed by atoms with van der Waals surface area (Å²) >= 11 is 0. The first kappa shape index (κ1) is 26.1. The zero-order chi connectivity index (χ0) is 21.5. The molecule has 4 heteroatoms. The van der Waals surface area contributed by atoms with E-state index in [1.54, 1.807) is 64.2 Å². The highest BCUT2D eigenvalue weighted by Crippen LogP contribution is 2.67. The lowest BCUT2D eigenvalue weighted by Gasteiger charge is -2.63. The van der Waals surface area contributed by atoms with Crippen molar-refractivity contribution < 1.29 is 36.3 Å². The fraction of sp³-hybridized carbons (Fsp3) is 1.00. The number of hydrogen-bond acceptors (Lipinski definition) is 0. The first-order valence-electron chi connectivity index (χ1n) is 15.2. The third-order valence-electron chi connectivity index (χ3n) is 13.6. The molecule has 0 unspecified atom stereocenters. The van der Waals surface area contributed by atoms with Gasteiger partial charge in [0.1, 0.15) is 0 Å². The standard InChI is InChI=1S/2C15H25N.2ClH/c2*16-14-1-3-15(4-2-14)12-6-10-5-11(8-12)9-13(15)7-10;;/h2*10-14H,1-9,16H2;2*1H. The van der Waals surface area contributed by atoms with Crippen molar-refractivity contribution in [2.75, 3.05) is 0 Å². The summed E-state index contributed by atoms with van der Waals surface area (Å²) in [5, 5.41) is 0. The number of rotatable bonds is 0. The zero-order valence-electron chi connectivity index (χ0n) is 21.7. The van der Waals surface area contributed by atoms with E-state index in [2.05, 4.69) is 11.5 Å². The Hall–Kier alpha value is 0.500. The summed E-state index contributed by atoms with van der Waals surface area (Å²) in [5.74, 6) is 9.12. The molecule has 0 aliphatic heterocycles. The van der Waals surface area contributed by atoms with Crippen LogP contribution in [0.1, 0.15) is 116 Å². The van der Waals surface area contributed by atoms with Crippen LogP contribution in [0.5, 0.6) is 0 Å². The summed E-state index contributed by atoms with van der Waals surface area (Å²) in [7, 11) is 0. The van der Waals surface area contributed by atoms with Crippen LogP contribution < -0.4 is 36.3 Å². The molecule has 6 N–H and O–H groups in total. The van der Waals surface area contributed by atoms with Crippen LogP contribution in [0, 0.1) is 58.2 Å². The monoisotopic (exact) mass is 510 g/mol. The molecule has 10 saturated carbocycles. The SMILES string of the molecule is [Cl-].[Cl-].[NH3+]C1CCC2(CC1)C1CC3CC(C1)CC2C3.[NH3+]C1CCC2(CC1)C1CC3CC(C1)CC2C3. The maximum absolute atomic E-state index is 4.29. The first-order chi connectivity index (χ1) is 15.5. The Labute approximate surface area is 221 Å². The first-order valence-corrected chi connectivity index (χ1v) is 15.2. The Bertz CT molecular complexity index is 587. The van der Waals surface area contributed by atoms with E-state index in [4.69, 9.17) is 0 Å². The highest BCUT2D eigenvalue weighted by Gasteiger charge is 2.58. The van der Waals surface area contributed by atoms with Crippen molar-refractivity contribution in [2.45, 2.75) is 128 Å². The van der Waals surface area contributed by atoms with Crippen LogP contribution in [0.3, 0.4) is 0 Å². The van der Waals surface area contributed by atoms with E-state index in [1.807, 2.05) is 0 Å². The van der Waals surface area contributed by atoms with Crippen molar-refractivity contribution in [1.29, 1.82) is 0 Å². The largest absolute Gasteiger partial charge is 1.00 e. The van der Waals surface area contributed by atoms with Gasteiger partial charge in [0.15, 0.2) is 0 Å². The van der Waals surface area contributed by atoms with E-state index in [0.29, 0.717) is 0 Å². The maximum atomic E-state index is 4.29. The van der Waals surface area contributed by atoms with E-state index in [-0.39, 0.29) is 24.8 Å². The molecule has 0 radical (unpaired) electrons. The average molecular weight is 512 g/mol. The molecule has 10 aliphatic carbocycles.